The van der Waals surface area contributed by atoms with Crippen molar-refractivity contribution in [1.29, 1.82) is 10.8 Å². The quantitative estimate of drug-likeness (QED) is 0.0160. The summed E-state index contributed by atoms with van der Waals surface area (Å²) in [5.74, 6) is -2.87. The fourth-order valence-corrected chi connectivity index (χ4v) is 11.3. The Morgan fingerprint density at radius 1 is 0.644 bits per heavy atom. The molecule has 0 saturated carbocycles. The zero-order valence-corrected chi connectivity index (χ0v) is 51.2. The molecule has 0 bridgehead atoms. The number of unbranched alkanes of at least 4 members (excludes halogenated alkanes) is 1. The molecule has 10 N–H and O–H groups in total. The Kier molecular flexibility index (Phi) is 23.0. The topological polar surface area (TPSA) is 320 Å². The number of rotatable bonds is 24. The summed E-state index contributed by atoms with van der Waals surface area (Å²) in [6.45, 7) is 16.0. The molecule has 0 radical (unpaired) electrons. The van der Waals surface area contributed by atoms with E-state index in [1.165, 1.54) is 12.1 Å². The van der Waals surface area contributed by atoms with Crippen LogP contribution >= 0.6 is 0 Å². The van der Waals surface area contributed by atoms with Crippen LogP contribution in [0.25, 0.3) is 17.1 Å². The van der Waals surface area contributed by atoms with Crippen molar-refractivity contribution < 1.29 is 49.2 Å². The molecule has 2 aliphatic rings. The zero-order chi connectivity index (χ0) is 63.1. The Morgan fingerprint density at radius 2 is 1.21 bits per heavy atom. The first-order chi connectivity index (χ1) is 41.6. The lowest BCUT2D eigenvalue weighted by Crippen LogP contribution is -2.51. The van der Waals surface area contributed by atoms with Gasteiger partial charge in [-0.2, -0.15) is 0 Å². The van der Waals surface area contributed by atoms with E-state index in [4.69, 9.17) is 10.8 Å². The summed E-state index contributed by atoms with van der Waals surface area (Å²) >= 11 is 0. The maximum atomic E-state index is 14.2. The number of nitrogens with one attached hydrogen (secondary N) is 6. The Bertz CT molecular complexity index is 3270. The van der Waals surface area contributed by atoms with Gasteiger partial charge < -0.3 is 51.5 Å². The van der Waals surface area contributed by atoms with Gasteiger partial charge in [0, 0.05) is 88.6 Å². The van der Waals surface area contributed by atoms with Gasteiger partial charge in [0.15, 0.2) is 11.7 Å². The van der Waals surface area contributed by atoms with E-state index in [1.54, 1.807) is 48.4 Å². The third-order valence-corrected chi connectivity index (χ3v) is 16.3. The molecule has 87 heavy (non-hydrogen) atoms. The van der Waals surface area contributed by atoms with Crippen molar-refractivity contribution in [3.8, 4) is 40.1 Å². The molecule has 4 aromatic carbocycles. The van der Waals surface area contributed by atoms with Crippen LogP contribution in [0.4, 0.5) is 5.69 Å². The number of benzene rings is 4. The Morgan fingerprint density at radius 3 is 1.78 bits per heavy atom. The summed E-state index contributed by atoms with van der Waals surface area (Å²) in [6, 6.07) is 19.7. The second kappa shape index (κ2) is 30.5. The van der Waals surface area contributed by atoms with E-state index in [2.05, 4.69) is 31.5 Å². The molecule has 5 aromatic rings. The lowest BCUT2D eigenvalue weighted by atomic mass is 9.89. The molecule has 2 fully saturated rings. The summed E-state index contributed by atoms with van der Waals surface area (Å²) in [5, 5.41) is 80.4. The van der Waals surface area contributed by atoms with Crippen LogP contribution in [0.5, 0.6) is 23.0 Å². The van der Waals surface area contributed by atoms with Gasteiger partial charge in [-0.15, -0.1) is 10.2 Å². The number of piperidine rings is 2. The minimum absolute atomic E-state index is 0.0113. The minimum atomic E-state index is -0.802. The van der Waals surface area contributed by atoms with Crippen LogP contribution in [0.15, 0.2) is 72.8 Å². The summed E-state index contributed by atoms with van der Waals surface area (Å²) in [6.07, 6.45) is 6.22. The molecule has 0 unspecified atom stereocenters. The highest BCUT2D eigenvalue weighted by Gasteiger charge is 2.32. The maximum Gasteiger partial charge on any atom is 0.289 e. The molecule has 22 nitrogen and oxygen atoms in total. The molecule has 0 aliphatic carbocycles. The number of aromatic hydroxyl groups is 4. The monoisotopic (exact) mass is 1190 g/mol. The predicted octanol–water partition coefficient (Wildman–Crippen LogP) is 7.92. The van der Waals surface area contributed by atoms with E-state index in [-0.39, 0.29) is 113 Å². The maximum absolute atomic E-state index is 14.2. The Balaban J connectivity index is 0.918. The number of amidine groups is 2. The van der Waals surface area contributed by atoms with Crippen LogP contribution in [-0.4, -0.2) is 144 Å². The molecule has 0 spiro atoms. The van der Waals surface area contributed by atoms with Crippen LogP contribution in [0.2, 0.25) is 0 Å². The van der Waals surface area contributed by atoms with E-state index in [0.29, 0.717) is 99.4 Å². The molecule has 22 heteroatoms. The lowest BCUT2D eigenvalue weighted by molar-refractivity contribution is -0.138. The first-order valence-corrected chi connectivity index (χ1v) is 30.5. The second-order valence-corrected chi connectivity index (χ2v) is 23.3. The number of carbonyl (C=O) groups is 6. The minimum Gasteiger partial charge on any atom is -0.508 e. The number of hydrogen-bond donors (Lipinski definition) is 10. The van der Waals surface area contributed by atoms with Crippen LogP contribution in [0.1, 0.15) is 163 Å². The number of phenolic OH excluding ortho intramolecular Hbond substituents is 4. The largest absolute Gasteiger partial charge is 0.508 e. The van der Waals surface area contributed by atoms with E-state index < -0.39 is 23.7 Å². The number of carbonyl (C=O) groups excluding carboxylic acids is 6. The number of hydrogen-bond acceptors (Lipinski definition) is 14. The van der Waals surface area contributed by atoms with Gasteiger partial charge in [-0.3, -0.25) is 49.1 Å². The Labute approximate surface area is 509 Å². The van der Waals surface area contributed by atoms with Crippen LogP contribution in [0.3, 0.4) is 0 Å². The molecular weight excluding hydrogens is 1110 g/mol. The number of anilines is 1. The molecule has 466 valence electrons. The van der Waals surface area contributed by atoms with Crippen molar-refractivity contribution in [1.82, 2.24) is 45.8 Å². The van der Waals surface area contributed by atoms with Gasteiger partial charge in [0.05, 0.1) is 11.1 Å². The average Bonchev–Trinajstić information content (AvgIpc) is 1.87. The van der Waals surface area contributed by atoms with E-state index in [1.807, 2.05) is 69.0 Å². The summed E-state index contributed by atoms with van der Waals surface area (Å²) in [5.41, 5.74) is 4.47. The first kappa shape index (κ1) is 65.7. The third-order valence-electron chi connectivity index (χ3n) is 16.3. The van der Waals surface area contributed by atoms with Crippen LogP contribution in [-0.2, 0) is 36.8 Å². The normalized spacial score (nSPS) is 14.2. The lowest BCUT2D eigenvalue weighted by Gasteiger charge is -2.34. The molecule has 3 heterocycles. The van der Waals surface area contributed by atoms with Gasteiger partial charge in [0.25, 0.3) is 11.8 Å². The van der Waals surface area contributed by atoms with Crippen LogP contribution < -0.4 is 26.2 Å². The number of likely N-dealkylation sites (N-methyl/N-ethyl adjacent to an activating group) is 1. The number of nitrogens with zero attached hydrogens (tertiary/aromatic N) is 6. The van der Waals surface area contributed by atoms with Crippen molar-refractivity contribution in [2.45, 2.75) is 143 Å². The van der Waals surface area contributed by atoms with Crippen LogP contribution in [0, 0.1) is 22.7 Å². The van der Waals surface area contributed by atoms with Crippen molar-refractivity contribution in [2.24, 2.45) is 11.8 Å². The van der Waals surface area contributed by atoms with Crippen molar-refractivity contribution in [3.05, 3.63) is 106 Å². The fraction of sp³-hybridized carbons (Fsp3) is 0.477. The van der Waals surface area contributed by atoms with E-state index in [9.17, 15) is 49.2 Å². The highest BCUT2D eigenvalue weighted by molar-refractivity contribution is 6.48. The second-order valence-electron chi connectivity index (χ2n) is 23.3. The van der Waals surface area contributed by atoms with Gasteiger partial charge in [0.1, 0.15) is 34.9 Å². The van der Waals surface area contributed by atoms with Crippen molar-refractivity contribution >= 4 is 52.8 Å². The standard InChI is InChI=1S/C65H86N12O10/c1-8-56(82)70-28-12-11-13-51(65(87)75-31-26-44(27-32-75)34-42-16-20-46(21-17-42)77-61(72-73-62(77)64(86)69-10-3)50-36-48(40(6)7)53(79)38-55(50)81)71-57(83)22-23-58(84)74-29-24-43(25-30-74)33-41-14-18-45(19-15-41)76(60(67)63(85)68-9-2)59(66)49-35-47(39(4)5)52(78)37-54(49)80/h14-21,35-40,43-44,51,66-67,78-81H,8-13,22-34H2,1-7H3,(H,68,85)(H,69,86)(H,70,82)(H,71,83)/t51-/m0/s1. The molecule has 2 aliphatic heterocycles. The smallest absolute Gasteiger partial charge is 0.289 e. The summed E-state index contributed by atoms with van der Waals surface area (Å²) in [4.78, 5) is 84.3. The van der Waals surface area contributed by atoms with Gasteiger partial charge in [0.2, 0.25) is 29.5 Å². The number of likely N-dealkylation sites (tertiary alicyclic amines) is 2. The highest BCUT2D eigenvalue weighted by atomic mass is 16.3. The van der Waals surface area contributed by atoms with Crippen molar-refractivity contribution in [3.63, 3.8) is 0 Å². The molecule has 1 atom stereocenters. The zero-order valence-electron chi connectivity index (χ0n) is 51.2. The van der Waals surface area contributed by atoms with Gasteiger partial charge in [-0.1, -0.05) is 58.9 Å². The fourth-order valence-electron chi connectivity index (χ4n) is 11.3. The van der Waals surface area contributed by atoms with E-state index >= 15 is 0 Å². The molecule has 6 amide bonds. The summed E-state index contributed by atoms with van der Waals surface area (Å²) < 4.78 is 1.59. The van der Waals surface area contributed by atoms with Gasteiger partial charge >= 0.3 is 0 Å². The van der Waals surface area contributed by atoms with Crippen molar-refractivity contribution in [2.75, 3.05) is 50.7 Å². The van der Waals surface area contributed by atoms with E-state index in [0.717, 1.165) is 54.2 Å². The molecule has 1 aromatic heterocycles. The number of aromatic nitrogens is 3. The number of phenols is 4. The van der Waals surface area contributed by atoms with Gasteiger partial charge in [-0.25, -0.2) is 0 Å². The van der Waals surface area contributed by atoms with Gasteiger partial charge in [-0.05, 0) is 154 Å². The first-order valence-electron chi connectivity index (χ1n) is 30.5. The Hall–Kier alpha value is -8.82. The number of amides is 6. The SMILES string of the molecule is CCNC(=O)C(=N)N(C(=N)c1cc(C(C)C)c(O)cc1O)c1ccc(CC2CCN(C(=O)CCC(=O)N[C@@H](CCCCNC(=O)CC)C(=O)N3CCC(Cc4ccc(-n5c(C(=O)NCC)nnc5-c5cc(C(C)C)c(O)cc5O)cc4)CC3)CC2)cc1. The average molecular weight is 1200 g/mol. The highest BCUT2D eigenvalue weighted by Crippen LogP contribution is 2.39. The third kappa shape index (κ3) is 16.8. The summed E-state index contributed by atoms with van der Waals surface area (Å²) in [7, 11) is 0. The molecule has 2 saturated heterocycles. The molecular formula is C65H86N12O10. The molecule has 7 rings (SSSR count). The predicted molar refractivity (Wildman–Crippen MR) is 333 cm³/mol.